The summed E-state index contributed by atoms with van der Waals surface area (Å²) in [6.07, 6.45) is 0.984. The third-order valence-electron chi connectivity index (χ3n) is 4.49. The summed E-state index contributed by atoms with van der Waals surface area (Å²) in [5.41, 5.74) is 8.97. The Balaban J connectivity index is 1.86. The van der Waals surface area contributed by atoms with Gasteiger partial charge in [0.2, 0.25) is 0 Å². The first-order valence-corrected chi connectivity index (χ1v) is 9.02. The summed E-state index contributed by atoms with van der Waals surface area (Å²) in [7, 11) is 0. The van der Waals surface area contributed by atoms with Gasteiger partial charge in [-0.15, -0.1) is 0 Å². The third-order valence-corrected chi connectivity index (χ3v) is 4.49. The second-order valence-electron chi connectivity index (χ2n) is 6.50. The second-order valence-corrected chi connectivity index (χ2v) is 6.50. The molecule has 0 aliphatic carbocycles. The minimum atomic E-state index is -0.128. The van der Waals surface area contributed by atoms with Gasteiger partial charge in [0, 0.05) is 17.9 Å². The maximum atomic E-state index is 12.9. The Morgan fingerprint density at radius 2 is 1.85 bits per heavy atom. The number of anilines is 2. The first-order chi connectivity index (χ1) is 12.6. The maximum absolute atomic E-state index is 12.9. The summed E-state index contributed by atoms with van der Waals surface area (Å²) < 4.78 is 0. The normalized spacial score (nSPS) is 11.9. The zero-order chi connectivity index (χ0) is 18.5. The molecular weight excluding hydrogens is 322 g/mol. The highest BCUT2D eigenvalue weighted by Crippen LogP contribution is 2.25. The number of nitrogen functional groups attached to an aromatic ring is 1. The largest absolute Gasteiger partial charge is 0.399 e. The lowest BCUT2D eigenvalue weighted by molar-refractivity contribution is 0.0941. The molecule has 0 radical (unpaired) electrons. The molecule has 1 atom stereocenters. The van der Waals surface area contributed by atoms with Gasteiger partial charge in [0.15, 0.2) is 0 Å². The minimum absolute atomic E-state index is 0.117. The summed E-state index contributed by atoms with van der Waals surface area (Å²) >= 11 is 0. The molecule has 4 heteroatoms. The zero-order valence-corrected chi connectivity index (χ0v) is 15.3. The monoisotopic (exact) mass is 347 g/mol. The van der Waals surface area contributed by atoms with Crippen molar-refractivity contribution in [3.63, 3.8) is 0 Å². The van der Waals surface area contributed by atoms with E-state index in [1.165, 1.54) is 5.39 Å². The van der Waals surface area contributed by atoms with Gasteiger partial charge in [-0.05, 0) is 47.9 Å². The number of carbonyl (C=O) groups excluding carboxylic acids is 1. The molecule has 0 saturated carbocycles. The van der Waals surface area contributed by atoms with Crippen molar-refractivity contribution in [3.05, 3.63) is 71.8 Å². The summed E-state index contributed by atoms with van der Waals surface area (Å²) in [5, 5.41) is 8.73. The molecular formula is C22H25N3O. The number of nitrogens with one attached hydrogen (secondary N) is 2. The third kappa shape index (κ3) is 3.80. The molecule has 0 bridgehead atoms. The predicted molar refractivity (Wildman–Crippen MR) is 109 cm³/mol. The van der Waals surface area contributed by atoms with Crippen molar-refractivity contribution < 1.29 is 4.79 Å². The fourth-order valence-electron chi connectivity index (χ4n) is 3.14. The van der Waals surface area contributed by atoms with E-state index in [-0.39, 0.29) is 11.9 Å². The molecule has 0 saturated heterocycles. The van der Waals surface area contributed by atoms with E-state index in [4.69, 9.17) is 5.73 Å². The van der Waals surface area contributed by atoms with Crippen molar-refractivity contribution in [3.8, 4) is 0 Å². The van der Waals surface area contributed by atoms with Gasteiger partial charge < -0.3 is 16.4 Å². The molecule has 26 heavy (non-hydrogen) atoms. The number of rotatable bonds is 6. The van der Waals surface area contributed by atoms with Gasteiger partial charge in [-0.25, -0.2) is 0 Å². The van der Waals surface area contributed by atoms with E-state index in [1.54, 1.807) is 6.07 Å². The van der Waals surface area contributed by atoms with E-state index in [0.717, 1.165) is 29.6 Å². The zero-order valence-electron chi connectivity index (χ0n) is 15.3. The Hall–Kier alpha value is -3.01. The van der Waals surface area contributed by atoms with Crippen LogP contribution in [0.15, 0.2) is 60.7 Å². The van der Waals surface area contributed by atoms with Crippen LogP contribution in [-0.2, 0) is 0 Å². The van der Waals surface area contributed by atoms with Crippen LogP contribution in [0.2, 0.25) is 0 Å². The van der Waals surface area contributed by atoms with Crippen LogP contribution in [0.25, 0.3) is 10.8 Å². The van der Waals surface area contributed by atoms with E-state index in [2.05, 4.69) is 41.8 Å². The topological polar surface area (TPSA) is 67.1 Å². The lowest BCUT2D eigenvalue weighted by Gasteiger charge is -2.18. The van der Waals surface area contributed by atoms with E-state index in [9.17, 15) is 4.79 Å². The molecule has 4 N–H and O–H groups in total. The molecule has 134 valence electrons. The fraction of sp³-hybridized carbons (Fsp3) is 0.227. The highest BCUT2D eigenvalue weighted by atomic mass is 16.1. The van der Waals surface area contributed by atoms with E-state index in [0.29, 0.717) is 11.3 Å². The van der Waals surface area contributed by atoms with Crippen LogP contribution in [0.5, 0.6) is 0 Å². The van der Waals surface area contributed by atoms with Gasteiger partial charge in [-0.2, -0.15) is 0 Å². The van der Waals surface area contributed by atoms with Gasteiger partial charge in [-0.1, -0.05) is 49.4 Å². The molecule has 0 aliphatic rings. The standard InChI is InChI=1S/C22H25N3O/c1-3-13-24-21-12-11-17(23)14-20(21)22(26)25-15(2)18-10-6-8-16-7-4-5-9-19(16)18/h4-12,14-15,24H,3,13,23H2,1-2H3,(H,25,26)/t15-/m1/s1. The molecule has 3 aromatic carbocycles. The molecule has 0 unspecified atom stereocenters. The van der Waals surface area contributed by atoms with Gasteiger partial charge >= 0.3 is 0 Å². The van der Waals surface area contributed by atoms with Gasteiger partial charge in [0.25, 0.3) is 5.91 Å². The Morgan fingerprint density at radius 1 is 1.08 bits per heavy atom. The SMILES string of the molecule is CCCNc1ccc(N)cc1C(=O)N[C@H](C)c1cccc2ccccc12. The van der Waals surface area contributed by atoms with Crippen molar-refractivity contribution in [2.75, 3.05) is 17.6 Å². The average molecular weight is 347 g/mol. The minimum Gasteiger partial charge on any atom is -0.399 e. The molecule has 0 fully saturated rings. The molecule has 3 rings (SSSR count). The van der Waals surface area contributed by atoms with E-state index >= 15 is 0 Å². The highest BCUT2D eigenvalue weighted by molar-refractivity contribution is 6.01. The fourth-order valence-corrected chi connectivity index (χ4v) is 3.14. The van der Waals surface area contributed by atoms with Crippen LogP contribution >= 0.6 is 0 Å². The number of benzene rings is 3. The van der Waals surface area contributed by atoms with Crippen LogP contribution in [0, 0.1) is 0 Å². The van der Waals surface area contributed by atoms with Crippen molar-refractivity contribution in [2.24, 2.45) is 0 Å². The number of amides is 1. The van der Waals surface area contributed by atoms with E-state index in [1.807, 2.05) is 37.3 Å². The van der Waals surface area contributed by atoms with Crippen molar-refractivity contribution in [1.82, 2.24) is 5.32 Å². The lowest BCUT2D eigenvalue weighted by atomic mass is 9.99. The van der Waals surface area contributed by atoms with Gasteiger partial charge in [0.1, 0.15) is 0 Å². The van der Waals surface area contributed by atoms with Gasteiger partial charge in [0.05, 0.1) is 11.6 Å². The first-order valence-electron chi connectivity index (χ1n) is 9.02. The quantitative estimate of drug-likeness (QED) is 0.565. The maximum Gasteiger partial charge on any atom is 0.253 e. The number of carbonyl (C=O) groups is 1. The van der Waals surface area contributed by atoms with E-state index < -0.39 is 0 Å². The summed E-state index contributed by atoms with van der Waals surface area (Å²) in [5.74, 6) is -0.128. The Morgan fingerprint density at radius 3 is 2.65 bits per heavy atom. The van der Waals surface area contributed by atoms with Crippen LogP contribution in [0.3, 0.4) is 0 Å². The van der Waals surface area contributed by atoms with Crippen LogP contribution in [0.4, 0.5) is 11.4 Å². The van der Waals surface area contributed by atoms with Crippen LogP contribution in [-0.4, -0.2) is 12.5 Å². The van der Waals surface area contributed by atoms with Crippen molar-refractivity contribution >= 4 is 28.1 Å². The summed E-state index contributed by atoms with van der Waals surface area (Å²) in [6, 6.07) is 19.7. The molecule has 0 spiro atoms. The lowest BCUT2D eigenvalue weighted by Crippen LogP contribution is -2.27. The van der Waals surface area contributed by atoms with Gasteiger partial charge in [-0.3, -0.25) is 4.79 Å². The number of hydrogen-bond acceptors (Lipinski definition) is 3. The smallest absolute Gasteiger partial charge is 0.253 e. The summed E-state index contributed by atoms with van der Waals surface area (Å²) in [6.45, 7) is 4.90. The van der Waals surface area contributed by atoms with Crippen LogP contribution < -0.4 is 16.4 Å². The molecule has 0 aromatic heterocycles. The van der Waals surface area contributed by atoms with Crippen molar-refractivity contribution in [1.29, 1.82) is 0 Å². The molecule has 0 aliphatic heterocycles. The molecule has 4 nitrogen and oxygen atoms in total. The molecule has 1 amide bonds. The summed E-state index contributed by atoms with van der Waals surface area (Å²) in [4.78, 5) is 12.9. The number of fused-ring (bicyclic) bond motifs is 1. The second kappa shape index (κ2) is 7.91. The highest BCUT2D eigenvalue weighted by Gasteiger charge is 2.16. The molecule has 0 heterocycles. The Labute approximate surface area is 154 Å². The first kappa shape index (κ1) is 17.8. The number of hydrogen-bond donors (Lipinski definition) is 3. The number of nitrogens with two attached hydrogens (primary N) is 1. The predicted octanol–water partition coefficient (Wildman–Crippen LogP) is 4.73. The average Bonchev–Trinajstić information content (AvgIpc) is 2.66. The van der Waals surface area contributed by atoms with Crippen molar-refractivity contribution in [2.45, 2.75) is 26.3 Å². The van der Waals surface area contributed by atoms with Crippen LogP contribution in [0.1, 0.15) is 42.2 Å². The molecule has 3 aromatic rings. The Kier molecular flexibility index (Phi) is 5.42. The Bertz CT molecular complexity index is 915.